The molecule has 0 radical (unpaired) electrons. The van der Waals surface area contributed by atoms with Crippen LogP contribution < -0.4 is 14.2 Å². The first kappa shape index (κ1) is 49.9. The Labute approximate surface area is 420 Å². The quantitative estimate of drug-likeness (QED) is 0.0346. The number of allylic oxidation sites excluding steroid dienone is 1. The number of aliphatic hydroxyl groups excluding tert-OH is 2. The highest BCUT2D eigenvalue weighted by Gasteiger charge is 2.66. The van der Waals surface area contributed by atoms with Crippen LogP contribution in [0.5, 0.6) is 23.0 Å². The van der Waals surface area contributed by atoms with E-state index in [0.29, 0.717) is 35.8 Å². The number of carbonyl (C=O) groups is 1. The molecule has 6 unspecified atom stereocenters. The van der Waals surface area contributed by atoms with Gasteiger partial charge in [0.05, 0.1) is 29.7 Å². The summed E-state index contributed by atoms with van der Waals surface area (Å²) in [4.78, 5) is 34.6. The number of carbonyl (C=O) groups excluding carboxylic acids is 1. The van der Waals surface area contributed by atoms with Gasteiger partial charge in [-0.25, -0.2) is 4.79 Å². The lowest BCUT2D eigenvalue weighted by Gasteiger charge is -2.60. The number of nitro benzene ring substituents is 1. The summed E-state index contributed by atoms with van der Waals surface area (Å²) in [5.41, 5.74) is 2.45. The fraction of sp³-hybridized carbons (Fsp3) is 0.356. The second-order valence-electron chi connectivity index (χ2n) is 20.0. The fourth-order valence-corrected chi connectivity index (χ4v) is 11.0. The van der Waals surface area contributed by atoms with Crippen LogP contribution in [0.2, 0.25) is 0 Å². The molecule has 2 N–H and O–H groups in total. The first-order valence-electron chi connectivity index (χ1n) is 25.0. The maximum absolute atomic E-state index is 15.4. The molecular weight excluding hydrogens is 911 g/mol. The van der Waals surface area contributed by atoms with E-state index in [1.165, 1.54) is 24.3 Å². The summed E-state index contributed by atoms with van der Waals surface area (Å²) in [6.07, 6.45) is 7.71. The van der Waals surface area contributed by atoms with E-state index >= 15 is 4.79 Å². The van der Waals surface area contributed by atoms with Crippen LogP contribution in [0.3, 0.4) is 0 Å². The van der Waals surface area contributed by atoms with Gasteiger partial charge in [-0.15, -0.1) is 6.58 Å². The lowest BCUT2D eigenvalue weighted by molar-refractivity contribution is -0.384. The normalized spacial score (nSPS) is 21.8. The molecule has 6 aromatic carbocycles. The van der Waals surface area contributed by atoms with Crippen molar-refractivity contribution in [1.82, 2.24) is 4.90 Å². The second-order valence-corrected chi connectivity index (χ2v) is 20.0. The molecule has 1 fully saturated rings. The predicted molar refractivity (Wildman–Crippen MR) is 278 cm³/mol. The summed E-state index contributed by atoms with van der Waals surface area (Å²) in [6, 6.07) is 38.5. The summed E-state index contributed by atoms with van der Waals surface area (Å²) in [6.45, 7) is 10.1. The van der Waals surface area contributed by atoms with Crippen molar-refractivity contribution in [2.75, 3.05) is 19.8 Å². The Morgan fingerprint density at radius 2 is 1.53 bits per heavy atom. The molecule has 6 aromatic rings. The van der Waals surface area contributed by atoms with E-state index in [4.69, 9.17) is 28.9 Å². The molecule has 2 aliphatic carbocycles. The van der Waals surface area contributed by atoms with Gasteiger partial charge < -0.3 is 34.0 Å². The van der Waals surface area contributed by atoms with Gasteiger partial charge in [0.15, 0.2) is 0 Å². The molecule has 374 valence electrons. The highest BCUT2D eigenvalue weighted by Crippen LogP contribution is 2.62. The number of unbranched alkanes of at least 4 members (excludes halogenated alkanes) is 2. The zero-order valence-corrected chi connectivity index (χ0v) is 41.2. The third-order valence-electron chi connectivity index (χ3n) is 14.1. The van der Waals surface area contributed by atoms with Crippen molar-refractivity contribution in [2.24, 2.45) is 22.9 Å². The Hall–Kier alpha value is -7.06. The van der Waals surface area contributed by atoms with Gasteiger partial charge in [0.25, 0.3) is 5.69 Å². The van der Waals surface area contributed by atoms with E-state index < -0.39 is 34.4 Å². The number of fused-ring (bicyclic) bond motifs is 4. The monoisotopic (exact) mass is 973 g/mol. The zero-order valence-electron chi connectivity index (χ0n) is 41.2. The number of hydrogen-bond donors (Lipinski definition) is 2. The lowest BCUT2D eigenvalue weighted by Crippen LogP contribution is -2.70. The summed E-state index contributed by atoms with van der Waals surface area (Å²) < 4.78 is 27.7. The molecule has 13 heteroatoms. The Morgan fingerprint density at radius 1 is 0.847 bits per heavy atom. The molecule has 72 heavy (non-hydrogen) atoms. The maximum Gasteiger partial charge on any atom is 0.416 e. The fourth-order valence-electron chi connectivity index (χ4n) is 11.0. The molecule has 1 saturated carbocycles. The van der Waals surface area contributed by atoms with E-state index in [-0.39, 0.29) is 62.0 Å². The molecule has 9 rings (SSSR count). The van der Waals surface area contributed by atoms with Gasteiger partial charge in [0, 0.05) is 43.2 Å². The van der Waals surface area contributed by atoms with Crippen molar-refractivity contribution in [2.45, 2.75) is 95.6 Å². The van der Waals surface area contributed by atoms with E-state index in [2.05, 4.69) is 30.9 Å². The minimum absolute atomic E-state index is 0.00915. The topological polar surface area (TPSA) is 162 Å². The highest BCUT2D eigenvalue weighted by molar-refractivity contribution is 6.03. The van der Waals surface area contributed by atoms with Gasteiger partial charge in [0.2, 0.25) is 5.79 Å². The molecular formula is C59H63N3O10. The maximum atomic E-state index is 15.4. The lowest BCUT2D eigenvalue weighted by atomic mass is 9.55. The molecule has 1 aliphatic heterocycles. The van der Waals surface area contributed by atoms with Crippen molar-refractivity contribution >= 4 is 39.0 Å². The van der Waals surface area contributed by atoms with Crippen LogP contribution in [0.4, 0.5) is 10.5 Å². The number of rotatable bonds is 19. The standard InChI is InChI=1S/C59H63N3O10/c1-5-33-68-59-54(61(38-43-20-14-19-40-16-8-9-21-48(40)43)57(65)70-45-27-24-44(25-28-45)62(66)67)37-52(60-72-58(2,3)4)50-35-42(18-10-12-31-63)49(22-11-13-32-64)55(56(50)59)51-36-47(29-30-53(51)71-59)69-46-26-23-39-15-6-7-17-41(39)34-46/h5-9,14-17,19-21,23-30,34-36,42,49,54-56,63-64H,1,10-13,18,22,31-33,37-38H2,2-4H3. The zero-order chi connectivity index (χ0) is 50.4. The number of benzene rings is 6. The molecule has 1 amide bonds. The molecule has 13 nitrogen and oxygen atoms in total. The number of aliphatic hydroxyl groups is 2. The van der Waals surface area contributed by atoms with Crippen LogP contribution in [-0.4, -0.2) is 69.1 Å². The van der Waals surface area contributed by atoms with Crippen molar-refractivity contribution in [3.8, 4) is 23.0 Å². The largest absolute Gasteiger partial charge is 0.459 e. The van der Waals surface area contributed by atoms with Crippen molar-refractivity contribution in [1.29, 1.82) is 0 Å². The minimum atomic E-state index is -1.59. The summed E-state index contributed by atoms with van der Waals surface area (Å²) in [5, 5.41) is 40.9. The van der Waals surface area contributed by atoms with E-state index in [9.17, 15) is 20.3 Å². The van der Waals surface area contributed by atoms with Crippen molar-refractivity contribution in [3.05, 3.63) is 173 Å². The number of ether oxygens (including phenoxy) is 4. The Balaban J connectivity index is 1.26. The SMILES string of the molecule is C=CCOC12Oc3ccc(Oc4ccc5ccccc5c4)cc3C3C(CCCCO)C(CCCCO)C=C(C(=NOC(C)(C)C)CC1N(Cc1cccc4ccccc14)C(=O)Oc1ccc([N+](=O)[O-])cc1)C32. The van der Waals surface area contributed by atoms with Crippen LogP contribution in [0, 0.1) is 27.9 Å². The van der Waals surface area contributed by atoms with Gasteiger partial charge >= 0.3 is 6.09 Å². The van der Waals surface area contributed by atoms with Gasteiger partial charge in [-0.2, -0.15) is 0 Å². The predicted octanol–water partition coefficient (Wildman–Crippen LogP) is 12.8. The van der Waals surface area contributed by atoms with Crippen LogP contribution in [0.15, 0.2) is 157 Å². The Kier molecular flexibility index (Phi) is 15.1. The molecule has 6 atom stereocenters. The van der Waals surface area contributed by atoms with Gasteiger partial charge in [-0.3, -0.25) is 15.0 Å². The average Bonchev–Trinajstić information content (AvgIpc) is 3.37. The number of hydrogen-bond acceptors (Lipinski definition) is 11. The molecule has 0 spiro atoms. The van der Waals surface area contributed by atoms with Crippen LogP contribution >= 0.6 is 0 Å². The van der Waals surface area contributed by atoms with Crippen LogP contribution in [0.25, 0.3) is 21.5 Å². The highest BCUT2D eigenvalue weighted by atomic mass is 16.7. The third kappa shape index (κ3) is 10.6. The van der Waals surface area contributed by atoms with E-state index in [0.717, 1.165) is 63.9 Å². The van der Waals surface area contributed by atoms with Crippen molar-refractivity contribution in [3.63, 3.8) is 0 Å². The molecule has 0 aromatic heterocycles. The summed E-state index contributed by atoms with van der Waals surface area (Å²) >= 11 is 0. The minimum Gasteiger partial charge on any atom is -0.459 e. The second kappa shape index (κ2) is 21.7. The molecule has 0 saturated heterocycles. The van der Waals surface area contributed by atoms with Crippen LogP contribution in [-0.2, 0) is 16.1 Å². The Morgan fingerprint density at radius 3 is 2.26 bits per heavy atom. The third-order valence-corrected chi connectivity index (χ3v) is 14.1. The van der Waals surface area contributed by atoms with E-state index in [1.807, 2.05) is 106 Å². The smallest absolute Gasteiger partial charge is 0.416 e. The van der Waals surface area contributed by atoms with E-state index in [1.54, 1.807) is 11.0 Å². The van der Waals surface area contributed by atoms with Gasteiger partial charge in [-0.1, -0.05) is 103 Å². The summed E-state index contributed by atoms with van der Waals surface area (Å²) in [7, 11) is 0. The van der Waals surface area contributed by atoms with Crippen molar-refractivity contribution < 1.29 is 43.7 Å². The number of nitrogens with zero attached hydrogens (tertiary/aromatic N) is 3. The Bertz CT molecular complexity index is 2980. The molecule has 0 bridgehead atoms. The molecule has 1 heterocycles. The van der Waals surface area contributed by atoms with Crippen LogP contribution in [0.1, 0.15) is 82.8 Å². The number of non-ortho nitro benzene ring substituents is 1. The number of oxime groups is 1. The van der Waals surface area contributed by atoms with Gasteiger partial charge in [0.1, 0.15) is 34.6 Å². The first-order valence-corrected chi connectivity index (χ1v) is 25.0. The number of nitro groups is 1. The molecule has 3 aliphatic rings. The number of amides is 1. The first-order chi connectivity index (χ1) is 34.9. The van der Waals surface area contributed by atoms with Gasteiger partial charge in [-0.05, 0) is 133 Å². The summed E-state index contributed by atoms with van der Waals surface area (Å²) in [5.74, 6) is -0.539. The average molecular weight is 974 g/mol.